The Bertz CT molecular complexity index is 788. The summed E-state index contributed by atoms with van der Waals surface area (Å²) in [4.78, 5) is 22.8. The van der Waals surface area contributed by atoms with Gasteiger partial charge in [-0.3, -0.25) is 0 Å². The van der Waals surface area contributed by atoms with Crippen molar-refractivity contribution in [3.63, 3.8) is 0 Å². The molecule has 0 aliphatic carbocycles. The molecule has 194 valence electrons. The van der Waals surface area contributed by atoms with Crippen LogP contribution in [0.5, 0.6) is 0 Å². The van der Waals surface area contributed by atoms with E-state index in [1.807, 2.05) is 0 Å². The van der Waals surface area contributed by atoms with Crippen molar-refractivity contribution >= 4 is 11.9 Å². The predicted octanol–water partition coefficient (Wildman–Crippen LogP) is -5.21. The lowest BCUT2D eigenvalue weighted by atomic mass is 9.97. The van der Waals surface area contributed by atoms with E-state index in [-0.39, 0.29) is 0 Å². The van der Waals surface area contributed by atoms with Crippen LogP contribution < -0.4 is 0 Å². The zero-order chi connectivity index (χ0) is 25.5. The molecule has 16 heteroatoms. The van der Waals surface area contributed by atoms with Crippen molar-refractivity contribution in [3.8, 4) is 0 Å². The molecule has 3 rings (SSSR count). The molecule has 3 heterocycles. The van der Waals surface area contributed by atoms with E-state index < -0.39 is 97.6 Å². The van der Waals surface area contributed by atoms with E-state index >= 15 is 0 Å². The molecule has 0 unspecified atom stereocenters. The molecule has 0 aromatic heterocycles. The Morgan fingerprint density at radius 1 is 0.794 bits per heavy atom. The molecule has 0 aromatic rings. The van der Waals surface area contributed by atoms with E-state index in [9.17, 15) is 50.4 Å². The highest BCUT2D eigenvalue weighted by molar-refractivity contribution is 5.84. The Hall–Kier alpha value is -1.96. The summed E-state index contributed by atoms with van der Waals surface area (Å²) in [5.41, 5.74) is 0. The van der Waals surface area contributed by atoms with Crippen molar-refractivity contribution in [2.24, 2.45) is 0 Å². The van der Waals surface area contributed by atoms with Crippen LogP contribution in [0.3, 0.4) is 0 Å². The molecule has 0 bridgehead atoms. The van der Waals surface area contributed by atoms with Gasteiger partial charge in [0.15, 0.2) is 18.7 Å². The van der Waals surface area contributed by atoms with Crippen molar-refractivity contribution in [3.05, 3.63) is 11.8 Å². The maximum atomic E-state index is 11.5. The highest BCUT2D eigenvalue weighted by Gasteiger charge is 2.53. The van der Waals surface area contributed by atoms with E-state index in [0.717, 1.165) is 0 Å². The van der Waals surface area contributed by atoms with Crippen LogP contribution in [0.4, 0.5) is 0 Å². The first-order chi connectivity index (χ1) is 15.8. The van der Waals surface area contributed by atoms with Gasteiger partial charge in [-0.25, -0.2) is 9.59 Å². The Balaban J connectivity index is 1.86. The number of rotatable bonds is 6. The highest BCUT2D eigenvalue weighted by Crippen LogP contribution is 2.32. The quantitative estimate of drug-likeness (QED) is 0.166. The Morgan fingerprint density at radius 2 is 1.38 bits per heavy atom. The molecule has 16 nitrogen and oxygen atoms in total. The second-order valence-electron chi connectivity index (χ2n) is 7.96. The zero-order valence-corrected chi connectivity index (χ0v) is 17.5. The third kappa shape index (κ3) is 5.16. The summed E-state index contributed by atoms with van der Waals surface area (Å²) >= 11 is 0. The lowest BCUT2D eigenvalue weighted by Crippen LogP contribution is -2.65. The monoisotopic (exact) mass is 498 g/mol. The molecular formula is C18H26O16. The fraction of sp³-hybridized carbons (Fsp3) is 0.778. The van der Waals surface area contributed by atoms with Gasteiger partial charge >= 0.3 is 11.9 Å². The van der Waals surface area contributed by atoms with Gasteiger partial charge in [-0.2, -0.15) is 0 Å². The number of carboxylic acid groups (broad SMARTS) is 2. The predicted molar refractivity (Wildman–Crippen MR) is 99.2 cm³/mol. The Kier molecular flexibility index (Phi) is 8.10. The summed E-state index contributed by atoms with van der Waals surface area (Å²) in [6.07, 6.45) is -23.0. The molecule has 3 aliphatic heterocycles. The zero-order valence-electron chi connectivity index (χ0n) is 17.5. The van der Waals surface area contributed by atoms with E-state index in [1.165, 1.54) is 6.92 Å². The third-order valence-electron chi connectivity index (χ3n) is 5.58. The highest BCUT2D eigenvalue weighted by atomic mass is 16.8. The van der Waals surface area contributed by atoms with Gasteiger partial charge in [0, 0.05) is 0 Å². The lowest BCUT2D eigenvalue weighted by molar-refractivity contribution is -0.368. The van der Waals surface area contributed by atoms with E-state index in [1.54, 1.807) is 0 Å². The summed E-state index contributed by atoms with van der Waals surface area (Å²) in [6.45, 7) is 1.31. The number of aliphatic hydroxyl groups excluding tert-OH is 7. The van der Waals surface area contributed by atoms with Crippen LogP contribution >= 0.6 is 0 Å². The van der Waals surface area contributed by atoms with E-state index in [4.69, 9.17) is 28.8 Å². The largest absolute Gasteiger partial charge is 0.479 e. The van der Waals surface area contributed by atoms with Crippen molar-refractivity contribution in [1.29, 1.82) is 0 Å². The molecule has 0 aromatic carbocycles. The fourth-order valence-corrected chi connectivity index (χ4v) is 3.65. The van der Waals surface area contributed by atoms with Gasteiger partial charge in [0.1, 0.15) is 48.8 Å². The number of hydrogen-bond acceptors (Lipinski definition) is 14. The number of carboxylic acids is 2. The molecule has 0 saturated carbocycles. The van der Waals surface area contributed by atoms with Gasteiger partial charge in [-0.05, 0) is 13.0 Å². The van der Waals surface area contributed by atoms with Crippen LogP contribution in [0.2, 0.25) is 0 Å². The van der Waals surface area contributed by atoms with E-state index in [0.29, 0.717) is 6.08 Å². The fourth-order valence-electron chi connectivity index (χ4n) is 3.65. The molecule has 0 spiro atoms. The molecule has 0 amide bonds. The first-order valence-electron chi connectivity index (χ1n) is 10.1. The van der Waals surface area contributed by atoms with Crippen LogP contribution in [0.25, 0.3) is 0 Å². The van der Waals surface area contributed by atoms with Crippen molar-refractivity contribution in [2.75, 3.05) is 0 Å². The molecular weight excluding hydrogens is 472 g/mol. The first-order valence-corrected chi connectivity index (χ1v) is 10.1. The topological polar surface area (TPSA) is 262 Å². The number of carbonyl (C=O) groups is 2. The number of ether oxygens (including phenoxy) is 5. The Labute approximate surface area is 190 Å². The van der Waals surface area contributed by atoms with Gasteiger partial charge in [0.25, 0.3) is 0 Å². The van der Waals surface area contributed by atoms with Crippen LogP contribution in [-0.4, -0.2) is 138 Å². The van der Waals surface area contributed by atoms with Crippen molar-refractivity contribution in [2.45, 2.75) is 86.8 Å². The average Bonchev–Trinajstić information content (AvgIpc) is 2.77. The molecule has 2 saturated heterocycles. The molecule has 2 fully saturated rings. The summed E-state index contributed by atoms with van der Waals surface area (Å²) in [5, 5.41) is 88.9. The standard InChI is InChI=1S/C18H26O16/c1-3-6(20)8(22)12(34-17-7(21)4(19)2-5(31-17)14(25)26)18(30-3)33-11-9(23)10(24)16(29)32-13(11)15(27)28/h2-4,6-13,16-24,29H,1H3,(H,25,26)(H,27,28)/t3-,4-,6-,7+,8+,9+,10+,11+,12+,13-,16+,17+,18+/m0/s1. The molecule has 0 radical (unpaired) electrons. The van der Waals surface area contributed by atoms with Crippen LogP contribution in [-0.2, 0) is 33.3 Å². The maximum absolute atomic E-state index is 11.5. The smallest absolute Gasteiger partial charge is 0.371 e. The minimum Gasteiger partial charge on any atom is -0.479 e. The second kappa shape index (κ2) is 10.3. The maximum Gasteiger partial charge on any atom is 0.371 e. The average molecular weight is 498 g/mol. The SMILES string of the molecule is C[C@@H]1O[C@H](O[C@@H]2[C@H](O)[C@@H](O)[C@H](O)O[C@@H]2C(=O)O)[C@H](O[C@H]2OC(C(=O)O)=C[C@H](O)[C@H]2O)[C@H](O)[C@H]1O. The minimum atomic E-state index is -2.06. The molecule has 13 atom stereocenters. The normalized spacial score (nSPS) is 47.4. The van der Waals surface area contributed by atoms with Gasteiger partial charge in [0.2, 0.25) is 12.0 Å². The number of aliphatic hydroxyl groups is 7. The van der Waals surface area contributed by atoms with Gasteiger partial charge in [-0.15, -0.1) is 0 Å². The summed E-state index contributed by atoms with van der Waals surface area (Å²) in [5.74, 6) is -4.09. The molecule has 3 aliphatic rings. The molecule has 34 heavy (non-hydrogen) atoms. The summed E-state index contributed by atoms with van der Waals surface area (Å²) in [7, 11) is 0. The van der Waals surface area contributed by atoms with Crippen LogP contribution in [0.15, 0.2) is 11.8 Å². The Morgan fingerprint density at radius 3 is 1.97 bits per heavy atom. The van der Waals surface area contributed by atoms with Crippen molar-refractivity contribution in [1.82, 2.24) is 0 Å². The molecule has 9 N–H and O–H groups in total. The minimum absolute atomic E-state index is 0.700. The van der Waals surface area contributed by atoms with Crippen LogP contribution in [0.1, 0.15) is 6.92 Å². The third-order valence-corrected chi connectivity index (χ3v) is 5.58. The van der Waals surface area contributed by atoms with E-state index in [2.05, 4.69) is 0 Å². The first kappa shape index (κ1) is 26.6. The number of aliphatic carboxylic acids is 2. The lowest BCUT2D eigenvalue weighted by Gasteiger charge is -2.46. The van der Waals surface area contributed by atoms with Gasteiger partial charge < -0.3 is 69.6 Å². The van der Waals surface area contributed by atoms with Crippen LogP contribution in [0, 0.1) is 0 Å². The van der Waals surface area contributed by atoms with Gasteiger partial charge in [0.05, 0.1) is 6.10 Å². The number of hydrogen-bond donors (Lipinski definition) is 9. The summed E-state index contributed by atoms with van der Waals surface area (Å²) in [6, 6.07) is 0. The summed E-state index contributed by atoms with van der Waals surface area (Å²) < 4.78 is 26.0. The second-order valence-corrected chi connectivity index (χ2v) is 7.96. The van der Waals surface area contributed by atoms with Gasteiger partial charge in [-0.1, -0.05) is 0 Å². The van der Waals surface area contributed by atoms with Crippen molar-refractivity contribution < 1.29 is 79.2 Å².